The van der Waals surface area contributed by atoms with E-state index in [0.717, 1.165) is 13.0 Å². The van der Waals surface area contributed by atoms with Crippen molar-refractivity contribution in [3.8, 4) is 0 Å². The Kier molecular flexibility index (Phi) is 4.87. The number of carbonyl (C=O) groups is 1. The van der Waals surface area contributed by atoms with Crippen LogP contribution in [0.2, 0.25) is 0 Å². The number of amides is 1. The number of benzene rings is 1. The van der Waals surface area contributed by atoms with Crippen molar-refractivity contribution in [2.75, 3.05) is 17.2 Å². The van der Waals surface area contributed by atoms with Gasteiger partial charge in [0.15, 0.2) is 0 Å². The van der Waals surface area contributed by atoms with Gasteiger partial charge in [-0.1, -0.05) is 13.0 Å². The maximum atomic E-state index is 13.5. The molecule has 0 fully saturated rings. The fourth-order valence-electron chi connectivity index (χ4n) is 1.80. The highest BCUT2D eigenvalue weighted by Crippen LogP contribution is 2.15. The van der Waals surface area contributed by atoms with Crippen molar-refractivity contribution in [2.24, 2.45) is 0 Å². The Hall–Kier alpha value is -2.43. The minimum absolute atomic E-state index is 0.291. The number of nitrogens with one attached hydrogen (secondary N) is 2. The van der Waals surface area contributed by atoms with Crippen LogP contribution in [0.15, 0.2) is 36.5 Å². The van der Waals surface area contributed by atoms with Crippen LogP contribution in [0.4, 0.5) is 15.9 Å². The second-order valence-electron chi connectivity index (χ2n) is 4.77. The summed E-state index contributed by atoms with van der Waals surface area (Å²) in [6.45, 7) is 4.52. The van der Waals surface area contributed by atoms with E-state index in [2.05, 4.69) is 22.5 Å². The predicted molar refractivity (Wildman–Crippen MR) is 82.1 cm³/mol. The van der Waals surface area contributed by atoms with E-state index in [0.29, 0.717) is 22.6 Å². The highest BCUT2D eigenvalue weighted by molar-refractivity contribution is 6.04. The smallest absolute Gasteiger partial charge is 0.255 e. The lowest BCUT2D eigenvalue weighted by atomic mass is 10.2. The lowest BCUT2D eigenvalue weighted by Crippen LogP contribution is -2.13. The van der Waals surface area contributed by atoms with Gasteiger partial charge < -0.3 is 10.6 Å². The Bertz CT molecular complexity index is 643. The summed E-state index contributed by atoms with van der Waals surface area (Å²) in [5.41, 5.74) is 1.45. The van der Waals surface area contributed by atoms with Crippen molar-refractivity contribution < 1.29 is 9.18 Å². The Labute approximate surface area is 123 Å². The average Bonchev–Trinajstić information content (AvgIpc) is 2.49. The molecule has 0 radical (unpaired) electrons. The van der Waals surface area contributed by atoms with Gasteiger partial charge in [-0.2, -0.15) is 0 Å². The van der Waals surface area contributed by atoms with Crippen LogP contribution in [0, 0.1) is 12.7 Å². The van der Waals surface area contributed by atoms with Crippen LogP contribution in [0.5, 0.6) is 0 Å². The SMILES string of the molecule is CCCNc1cc(C(=O)Nc2ccc(C)c(F)c2)ccn1. The summed E-state index contributed by atoms with van der Waals surface area (Å²) in [5, 5.41) is 5.79. The van der Waals surface area contributed by atoms with Gasteiger partial charge in [0.1, 0.15) is 11.6 Å². The zero-order valence-corrected chi connectivity index (χ0v) is 12.1. The molecule has 0 saturated heterocycles. The molecule has 0 aliphatic carbocycles. The van der Waals surface area contributed by atoms with Crippen LogP contribution in [-0.2, 0) is 0 Å². The molecular weight excluding hydrogens is 269 g/mol. The third-order valence-corrected chi connectivity index (χ3v) is 3.01. The second kappa shape index (κ2) is 6.83. The zero-order valence-electron chi connectivity index (χ0n) is 12.1. The molecule has 2 rings (SSSR count). The fraction of sp³-hybridized carbons (Fsp3) is 0.250. The first kappa shape index (κ1) is 15.0. The molecule has 0 atom stereocenters. The maximum Gasteiger partial charge on any atom is 0.255 e. The van der Waals surface area contributed by atoms with Crippen molar-refractivity contribution >= 4 is 17.4 Å². The molecule has 0 saturated carbocycles. The van der Waals surface area contributed by atoms with Gasteiger partial charge in [-0.15, -0.1) is 0 Å². The molecule has 21 heavy (non-hydrogen) atoms. The lowest BCUT2D eigenvalue weighted by Gasteiger charge is -2.08. The number of carbonyl (C=O) groups excluding carboxylic acids is 1. The number of pyridine rings is 1. The molecular formula is C16H18FN3O. The summed E-state index contributed by atoms with van der Waals surface area (Å²) in [6.07, 6.45) is 2.55. The number of rotatable bonds is 5. The van der Waals surface area contributed by atoms with E-state index in [4.69, 9.17) is 0 Å². The highest BCUT2D eigenvalue weighted by Gasteiger charge is 2.08. The van der Waals surface area contributed by atoms with Gasteiger partial charge in [-0.05, 0) is 43.2 Å². The lowest BCUT2D eigenvalue weighted by molar-refractivity contribution is 0.102. The first-order chi connectivity index (χ1) is 10.1. The fourth-order valence-corrected chi connectivity index (χ4v) is 1.80. The van der Waals surface area contributed by atoms with E-state index < -0.39 is 0 Å². The van der Waals surface area contributed by atoms with Gasteiger partial charge in [0.05, 0.1) is 0 Å². The predicted octanol–water partition coefficient (Wildman–Crippen LogP) is 3.60. The summed E-state index contributed by atoms with van der Waals surface area (Å²) in [7, 11) is 0. The molecule has 0 spiro atoms. The number of aromatic nitrogens is 1. The van der Waals surface area contributed by atoms with Gasteiger partial charge in [-0.3, -0.25) is 4.79 Å². The largest absolute Gasteiger partial charge is 0.370 e. The van der Waals surface area contributed by atoms with Crippen LogP contribution in [0.3, 0.4) is 0 Å². The molecule has 1 aromatic heterocycles. The van der Waals surface area contributed by atoms with E-state index in [1.54, 1.807) is 37.4 Å². The molecule has 2 aromatic rings. The third kappa shape index (κ3) is 4.02. The normalized spacial score (nSPS) is 10.2. The van der Waals surface area contributed by atoms with Gasteiger partial charge in [0.2, 0.25) is 0 Å². The van der Waals surface area contributed by atoms with E-state index in [9.17, 15) is 9.18 Å². The number of hydrogen-bond acceptors (Lipinski definition) is 3. The van der Waals surface area contributed by atoms with E-state index in [1.807, 2.05) is 0 Å². The van der Waals surface area contributed by atoms with Crippen LogP contribution in [0.25, 0.3) is 0 Å². The summed E-state index contributed by atoms with van der Waals surface area (Å²) in [5.74, 6) is 0.0209. The van der Waals surface area contributed by atoms with Gasteiger partial charge in [-0.25, -0.2) is 9.37 Å². The van der Waals surface area contributed by atoms with Gasteiger partial charge >= 0.3 is 0 Å². The molecule has 1 aromatic carbocycles. The first-order valence-electron chi connectivity index (χ1n) is 6.87. The number of halogens is 1. The molecule has 1 amide bonds. The Morgan fingerprint density at radius 2 is 2.10 bits per heavy atom. The quantitative estimate of drug-likeness (QED) is 0.883. The number of anilines is 2. The Balaban J connectivity index is 2.10. The summed E-state index contributed by atoms with van der Waals surface area (Å²) >= 11 is 0. The average molecular weight is 287 g/mol. The summed E-state index contributed by atoms with van der Waals surface area (Å²) in [6, 6.07) is 7.91. The number of hydrogen-bond donors (Lipinski definition) is 2. The van der Waals surface area contributed by atoms with Crippen molar-refractivity contribution in [1.29, 1.82) is 0 Å². The molecule has 0 bridgehead atoms. The number of nitrogens with zero attached hydrogens (tertiary/aromatic N) is 1. The van der Waals surface area contributed by atoms with Crippen molar-refractivity contribution in [3.05, 3.63) is 53.5 Å². The molecule has 0 unspecified atom stereocenters. The molecule has 4 nitrogen and oxygen atoms in total. The Morgan fingerprint density at radius 3 is 2.81 bits per heavy atom. The second-order valence-corrected chi connectivity index (χ2v) is 4.77. The van der Waals surface area contributed by atoms with Crippen LogP contribution in [0.1, 0.15) is 29.3 Å². The van der Waals surface area contributed by atoms with E-state index >= 15 is 0 Å². The summed E-state index contributed by atoms with van der Waals surface area (Å²) in [4.78, 5) is 16.3. The molecule has 0 aliphatic rings. The molecule has 5 heteroatoms. The first-order valence-corrected chi connectivity index (χ1v) is 6.87. The maximum absolute atomic E-state index is 13.5. The van der Waals surface area contributed by atoms with Crippen LogP contribution < -0.4 is 10.6 Å². The highest BCUT2D eigenvalue weighted by atomic mass is 19.1. The van der Waals surface area contributed by atoms with E-state index in [1.165, 1.54) is 6.07 Å². The van der Waals surface area contributed by atoms with Crippen molar-refractivity contribution in [2.45, 2.75) is 20.3 Å². The zero-order chi connectivity index (χ0) is 15.2. The van der Waals surface area contributed by atoms with Crippen molar-refractivity contribution in [3.63, 3.8) is 0 Å². The summed E-state index contributed by atoms with van der Waals surface area (Å²) < 4.78 is 13.5. The van der Waals surface area contributed by atoms with Gasteiger partial charge in [0, 0.05) is 24.0 Å². The van der Waals surface area contributed by atoms with Crippen LogP contribution in [-0.4, -0.2) is 17.4 Å². The molecule has 1 heterocycles. The monoisotopic (exact) mass is 287 g/mol. The molecule has 0 aliphatic heterocycles. The molecule has 110 valence electrons. The van der Waals surface area contributed by atoms with Gasteiger partial charge in [0.25, 0.3) is 5.91 Å². The minimum atomic E-state index is -0.340. The molecule has 2 N–H and O–H groups in total. The third-order valence-electron chi connectivity index (χ3n) is 3.01. The topological polar surface area (TPSA) is 54.0 Å². The Morgan fingerprint density at radius 1 is 1.29 bits per heavy atom. The standard InChI is InChI=1S/C16H18FN3O/c1-3-7-18-15-9-12(6-8-19-15)16(21)20-13-5-4-11(2)14(17)10-13/h4-6,8-10H,3,7H2,1-2H3,(H,18,19)(H,20,21). The minimum Gasteiger partial charge on any atom is -0.370 e. The van der Waals surface area contributed by atoms with Crippen LogP contribution >= 0.6 is 0 Å². The van der Waals surface area contributed by atoms with E-state index in [-0.39, 0.29) is 11.7 Å². The number of aryl methyl sites for hydroxylation is 1. The van der Waals surface area contributed by atoms with Crippen molar-refractivity contribution in [1.82, 2.24) is 4.98 Å².